The van der Waals surface area contributed by atoms with Crippen LogP contribution in [0.4, 0.5) is 31.1 Å². The van der Waals surface area contributed by atoms with Crippen LogP contribution < -0.4 is 5.32 Å². The lowest BCUT2D eigenvalue weighted by Gasteiger charge is -2.47. The zero-order valence-electron chi connectivity index (χ0n) is 15.4. The summed E-state index contributed by atoms with van der Waals surface area (Å²) in [5, 5.41) is 2.68. The van der Waals surface area contributed by atoms with E-state index < -0.39 is 52.3 Å². The lowest BCUT2D eigenvalue weighted by molar-refractivity contribution is -0.146. The smallest absolute Gasteiger partial charge is 0.419 e. The van der Waals surface area contributed by atoms with Crippen molar-refractivity contribution in [1.29, 1.82) is 0 Å². The monoisotopic (exact) mass is 434 g/mol. The van der Waals surface area contributed by atoms with Gasteiger partial charge in [0, 0.05) is 30.5 Å². The van der Waals surface area contributed by atoms with Crippen molar-refractivity contribution in [3.8, 4) is 0 Å². The Bertz CT molecular complexity index is 933. The van der Waals surface area contributed by atoms with E-state index in [4.69, 9.17) is 4.74 Å². The van der Waals surface area contributed by atoms with Crippen LogP contribution in [0.1, 0.15) is 24.0 Å². The first kappa shape index (κ1) is 20.5. The van der Waals surface area contributed by atoms with Gasteiger partial charge in [-0.2, -0.15) is 13.2 Å². The van der Waals surface area contributed by atoms with Crippen LogP contribution in [0.5, 0.6) is 0 Å². The second-order valence-electron chi connectivity index (χ2n) is 7.89. The van der Waals surface area contributed by atoms with Crippen molar-refractivity contribution in [2.45, 2.75) is 24.6 Å². The minimum absolute atomic E-state index is 0.154. The van der Waals surface area contributed by atoms with Crippen molar-refractivity contribution in [1.82, 2.24) is 10.2 Å². The molecule has 0 unspecified atom stereocenters. The van der Waals surface area contributed by atoms with E-state index in [9.17, 15) is 35.9 Å². The first-order valence-electron chi connectivity index (χ1n) is 9.16. The van der Waals surface area contributed by atoms with Crippen LogP contribution in [-0.4, -0.2) is 42.1 Å². The average molecular weight is 434 g/mol. The summed E-state index contributed by atoms with van der Waals surface area (Å²) in [6.45, 7) is 0.522. The molecule has 4 rings (SSSR count). The van der Waals surface area contributed by atoms with Gasteiger partial charge in [-0.25, -0.2) is 18.0 Å². The summed E-state index contributed by atoms with van der Waals surface area (Å²) in [6, 6.07) is 0.830. The molecule has 0 radical (unpaired) electrons. The highest BCUT2D eigenvalue weighted by atomic mass is 19.4. The van der Waals surface area contributed by atoms with E-state index in [-0.39, 0.29) is 37.6 Å². The topological polar surface area (TPSA) is 58.6 Å². The predicted octanol–water partition coefficient (Wildman–Crippen LogP) is 3.64. The number of ether oxygens (including phenoxy) is 1. The normalized spacial score (nSPS) is 26.9. The molecule has 0 aromatic heterocycles. The van der Waals surface area contributed by atoms with Crippen molar-refractivity contribution in [2.24, 2.45) is 11.8 Å². The molecule has 1 aromatic carbocycles. The van der Waals surface area contributed by atoms with Gasteiger partial charge >= 0.3 is 12.3 Å². The van der Waals surface area contributed by atoms with E-state index in [2.05, 4.69) is 5.32 Å². The average Bonchev–Trinajstić information content (AvgIpc) is 2.99. The number of alkyl halides is 3. The number of likely N-dealkylation sites (tertiary alicyclic amines) is 1. The van der Waals surface area contributed by atoms with E-state index in [0.717, 1.165) is 6.08 Å². The number of carbonyl (C=O) groups excluding carboxylic acids is 2. The Labute approximate surface area is 166 Å². The number of alkyl carbamates (subject to hydrolysis) is 1. The fraction of sp³-hybridized carbons (Fsp3) is 0.474. The second-order valence-corrected chi connectivity index (χ2v) is 7.89. The number of nitrogens with one attached hydrogen (secondary N) is 1. The Kier molecular flexibility index (Phi) is 4.74. The van der Waals surface area contributed by atoms with E-state index in [1.165, 1.54) is 4.90 Å². The van der Waals surface area contributed by atoms with E-state index in [0.29, 0.717) is 18.9 Å². The number of benzene rings is 1. The fourth-order valence-corrected chi connectivity index (χ4v) is 4.08. The molecule has 162 valence electrons. The first-order chi connectivity index (χ1) is 14.0. The maximum absolute atomic E-state index is 14.3. The third kappa shape index (κ3) is 3.50. The molecule has 30 heavy (non-hydrogen) atoms. The van der Waals surface area contributed by atoms with Crippen molar-refractivity contribution >= 4 is 17.8 Å². The molecule has 2 saturated heterocycles. The van der Waals surface area contributed by atoms with Gasteiger partial charge < -0.3 is 15.0 Å². The Morgan fingerprint density at radius 2 is 1.87 bits per heavy atom. The zero-order chi connectivity index (χ0) is 21.8. The van der Waals surface area contributed by atoms with Crippen molar-refractivity contribution in [2.75, 3.05) is 19.7 Å². The van der Waals surface area contributed by atoms with Gasteiger partial charge in [0.05, 0.1) is 11.1 Å². The highest BCUT2D eigenvalue weighted by Gasteiger charge is 2.54. The predicted molar refractivity (Wildman–Crippen MR) is 90.5 cm³/mol. The molecule has 1 spiro atoms. The minimum atomic E-state index is -5.09. The molecule has 0 atom stereocenters. The first-order valence-corrected chi connectivity index (χ1v) is 9.16. The van der Waals surface area contributed by atoms with Crippen LogP contribution >= 0.6 is 0 Å². The van der Waals surface area contributed by atoms with Gasteiger partial charge in [0.1, 0.15) is 12.4 Å². The third-order valence-corrected chi connectivity index (χ3v) is 5.72. The number of cyclic esters (lactones) is 1. The molecule has 3 fully saturated rings. The summed E-state index contributed by atoms with van der Waals surface area (Å²) in [7, 11) is 0. The highest BCUT2D eigenvalue weighted by Crippen LogP contribution is 2.42. The van der Waals surface area contributed by atoms with Gasteiger partial charge in [0.15, 0.2) is 11.6 Å². The van der Waals surface area contributed by atoms with Crippen molar-refractivity contribution in [3.05, 3.63) is 41.0 Å². The Balaban J connectivity index is 1.35. The maximum atomic E-state index is 14.3. The molecule has 1 aromatic rings. The number of amides is 2. The molecule has 0 bridgehead atoms. The number of nitrogens with zero attached hydrogens (tertiary/aromatic N) is 1. The molecular formula is C19H16F6N2O3. The van der Waals surface area contributed by atoms with Crippen molar-refractivity contribution in [3.63, 3.8) is 0 Å². The molecule has 1 saturated carbocycles. The number of rotatable bonds is 3. The Morgan fingerprint density at radius 3 is 2.43 bits per heavy atom. The third-order valence-electron chi connectivity index (χ3n) is 5.72. The van der Waals surface area contributed by atoms with Gasteiger partial charge in [-0.15, -0.1) is 0 Å². The van der Waals surface area contributed by atoms with Crippen LogP contribution in [0.3, 0.4) is 0 Å². The van der Waals surface area contributed by atoms with E-state index in [1.807, 2.05) is 0 Å². The maximum Gasteiger partial charge on any atom is 0.419 e. The van der Waals surface area contributed by atoms with Gasteiger partial charge in [0.2, 0.25) is 5.91 Å². The lowest BCUT2D eigenvalue weighted by Crippen LogP contribution is -2.61. The van der Waals surface area contributed by atoms with Crippen molar-refractivity contribution < 1.29 is 40.7 Å². The number of hydrogen-bond donors (Lipinski definition) is 1. The zero-order valence-corrected chi connectivity index (χ0v) is 15.4. The van der Waals surface area contributed by atoms with Crippen LogP contribution in [0, 0.1) is 23.5 Å². The SMILES string of the molecule is O=C1N[C@]2(CO1)C[C@@H](C(=O)N1CC(/C=C(\F)c3ccc(C(F)(F)F)c(F)c3F)C1)C2. The van der Waals surface area contributed by atoms with Gasteiger partial charge in [-0.1, -0.05) is 0 Å². The fourth-order valence-electron chi connectivity index (χ4n) is 4.08. The molecule has 1 N–H and O–H groups in total. The van der Waals surface area contributed by atoms with E-state index >= 15 is 0 Å². The Morgan fingerprint density at radius 1 is 1.20 bits per heavy atom. The standard InChI is InChI=1S/C19H16F6N2O3/c20-13(11-1-2-12(19(23,24)25)15(22)14(11)21)3-9-6-27(7-9)16(28)10-4-18(5-10)8-30-17(29)26-18/h1-3,9-10H,4-8H2,(H,26,29)/b13-3-/t10-,18-. The summed E-state index contributed by atoms with van der Waals surface area (Å²) < 4.78 is 84.4. The molecule has 11 heteroatoms. The second kappa shape index (κ2) is 6.92. The summed E-state index contributed by atoms with van der Waals surface area (Å²) in [6.07, 6.45) is -3.75. The minimum Gasteiger partial charge on any atom is -0.447 e. The summed E-state index contributed by atoms with van der Waals surface area (Å²) in [5.74, 6) is -6.17. The molecule has 1 aliphatic carbocycles. The largest absolute Gasteiger partial charge is 0.447 e. The molecule has 2 aliphatic heterocycles. The summed E-state index contributed by atoms with van der Waals surface area (Å²) in [4.78, 5) is 25.0. The van der Waals surface area contributed by atoms with Gasteiger partial charge in [0.25, 0.3) is 0 Å². The summed E-state index contributed by atoms with van der Waals surface area (Å²) in [5.41, 5.74) is -3.21. The lowest BCUT2D eigenvalue weighted by atomic mass is 9.68. The number of halogens is 6. The number of hydrogen-bond acceptors (Lipinski definition) is 3. The highest BCUT2D eigenvalue weighted by molar-refractivity contribution is 5.82. The van der Waals surface area contributed by atoms with Crippen LogP contribution in [0.15, 0.2) is 18.2 Å². The molecule has 3 aliphatic rings. The van der Waals surface area contributed by atoms with Crippen LogP contribution in [0.25, 0.3) is 5.83 Å². The Hall–Kier alpha value is -2.72. The van der Waals surface area contributed by atoms with Crippen LogP contribution in [0.2, 0.25) is 0 Å². The number of carbonyl (C=O) groups is 2. The molecular weight excluding hydrogens is 418 g/mol. The molecule has 2 heterocycles. The van der Waals surface area contributed by atoms with E-state index in [1.54, 1.807) is 0 Å². The van der Waals surface area contributed by atoms with Crippen LogP contribution in [-0.2, 0) is 15.7 Å². The van der Waals surface area contributed by atoms with Gasteiger partial charge in [-0.3, -0.25) is 4.79 Å². The van der Waals surface area contributed by atoms with Gasteiger partial charge in [-0.05, 0) is 31.1 Å². The quantitative estimate of drug-likeness (QED) is 0.740. The summed E-state index contributed by atoms with van der Waals surface area (Å²) >= 11 is 0. The molecule has 2 amide bonds. The molecule has 5 nitrogen and oxygen atoms in total.